The lowest BCUT2D eigenvalue weighted by Crippen LogP contribution is -2.42. The van der Waals surface area contributed by atoms with Crippen LogP contribution in [0.4, 0.5) is 0 Å². The van der Waals surface area contributed by atoms with Crippen LogP contribution in [-0.4, -0.2) is 25.5 Å². The van der Waals surface area contributed by atoms with Crippen molar-refractivity contribution >= 4 is 18.3 Å². The summed E-state index contributed by atoms with van der Waals surface area (Å²) in [5, 5.41) is 6.45. The number of benzene rings is 1. The highest BCUT2D eigenvalue weighted by Gasteiger charge is 2.27. The van der Waals surface area contributed by atoms with Gasteiger partial charge in [-0.1, -0.05) is 32.9 Å². The van der Waals surface area contributed by atoms with E-state index in [0.717, 1.165) is 38.0 Å². The number of hydrogen-bond donors (Lipinski definition) is 2. The van der Waals surface area contributed by atoms with Gasteiger partial charge in [0.2, 0.25) is 0 Å². The van der Waals surface area contributed by atoms with Crippen LogP contribution in [0, 0.1) is 5.41 Å². The predicted molar refractivity (Wildman–Crippen MR) is 90.3 cm³/mol. The van der Waals surface area contributed by atoms with Crippen LogP contribution in [0.1, 0.15) is 55.5 Å². The Labute approximate surface area is 134 Å². The van der Waals surface area contributed by atoms with Gasteiger partial charge in [0.15, 0.2) is 0 Å². The Bertz CT molecular complexity index is 450. The standard InChI is InChI=1S/C17H26N2O.ClH/c1-13(2)14-4-6-15(7-5-14)16(20)19-12-17(3)8-10-18-11-9-17;/h4-7,13,18H,8-12H2,1-3H3,(H,19,20);1H. The van der Waals surface area contributed by atoms with Crippen LogP contribution in [-0.2, 0) is 0 Å². The largest absolute Gasteiger partial charge is 0.351 e. The molecule has 1 saturated heterocycles. The molecule has 0 aromatic heterocycles. The third kappa shape index (κ3) is 5.01. The van der Waals surface area contributed by atoms with Gasteiger partial charge in [-0.25, -0.2) is 0 Å². The molecule has 0 spiro atoms. The molecule has 118 valence electrons. The fraction of sp³-hybridized carbons (Fsp3) is 0.588. The first kappa shape index (κ1) is 18.0. The minimum Gasteiger partial charge on any atom is -0.351 e. The van der Waals surface area contributed by atoms with Gasteiger partial charge in [0.25, 0.3) is 5.91 Å². The molecule has 0 radical (unpaired) electrons. The molecule has 1 aliphatic rings. The molecule has 2 N–H and O–H groups in total. The number of carbonyl (C=O) groups is 1. The maximum absolute atomic E-state index is 12.2. The highest BCUT2D eigenvalue weighted by molar-refractivity contribution is 5.94. The molecule has 4 heteroatoms. The summed E-state index contributed by atoms with van der Waals surface area (Å²) >= 11 is 0. The van der Waals surface area contributed by atoms with Crippen LogP contribution < -0.4 is 10.6 Å². The highest BCUT2D eigenvalue weighted by atomic mass is 35.5. The molecule has 0 saturated carbocycles. The normalized spacial score (nSPS) is 17.1. The summed E-state index contributed by atoms with van der Waals surface area (Å²) in [6, 6.07) is 7.95. The van der Waals surface area contributed by atoms with Gasteiger partial charge in [0.05, 0.1) is 0 Å². The van der Waals surface area contributed by atoms with Crippen molar-refractivity contribution in [2.45, 2.75) is 39.5 Å². The Balaban J connectivity index is 0.00000220. The first-order valence-corrected chi connectivity index (χ1v) is 7.59. The highest BCUT2D eigenvalue weighted by Crippen LogP contribution is 2.26. The fourth-order valence-corrected chi connectivity index (χ4v) is 2.62. The summed E-state index contributed by atoms with van der Waals surface area (Å²) in [5.74, 6) is 0.542. The van der Waals surface area contributed by atoms with Crippen molar-refractivity contribution < 1.29 is 4.79 Å². The second kappa shape index (κ2) is 7.81. The van der Waals surface area contributed by atoms with Crippen molar-refractivity contribution in [3.8, 4) is 0 Å². The number of nitrogens with one attached hydrogen (secondary N) is 2. The summed E-state index contributed by atoms with van der Waals surface area (Å²) in [7, 11) is 0. The SMILES string of the molecule is CC(C)c1ccc(C(=O)NCC2(C)CCNCC2)cc1.Cl. The second-order valence-corrected chi connectivity index (χ2v) is 6.52. The average Bonchev–Trinajstić information content (AvgIpc) is 2.46. The van der Waals surface area contributed by atoms with Crippen LogP contribution >= 0.6 is 12.4 Å². The Hall–Kier alpha value is -1.06. The van der Waals surface area contributed by atoms with Crippen molar-refractivity contribution in [1.82, 2.24) is 10.6 Å². The van der Waals surface area contributed by atoms with Gasteiger partial charge in [0, 0.05) is 12.1 Å². The molecule has 1 aromatic carbocycles. The van der Waals surface area contributed by atoms with Gasteiger partial charge in [0.1, 0.15) is 0 Å². The van der Waals surface area contributed by atoms with E-state index >= 15 is 0 Å². The smallest absolute Gasteiger partial charge is 0.251 e. The molecular formula is C17H27ClN2O. The van der Waals surface area contributed by atoms with Gasteiger partial charge in [-0.05, 0) is 55.0 Å². The number of halogens is 1. The third-order valence-electron chi connectivity index (χ3n) is 4.33. The van der Waals surface area contributed by atoms with E-state index in [9.17, 15) is 4.79 Å². The molecule has 1 aromatic rings. The van der Waals surface area contributed by atoms with E-state index in [1.54, 1.807) is 0 Å². The van der Waals surface area contributed by atoms with Gasteiger partial charge in [-0.15, -0.1) is 12.4 Å². The van der Waals surface area contributed by atoms with E-state index in [1.165, 1.54) is 5.56 Å². The zero-order chi connectivity index (χ0) is 14.6. The van der Waals surface area contributed by atoms with Crippen LogP contribution in [0.25, 0.3) is 0 Å². The van der Waals surface area contributed by atoms with Gasteiger partial charge < -0.3 is 10.6 Å². The van der Waals surface area contributed by atoms with Crippen LogP contribution in [0.2, 0.25) is 0 Å². The maximum Gasteiger partial charge on any atom is 0.251 e. The lowest BCUT2D eigenvalue weighted by Gasteiger charge is -2.34. The molecule has 2 rings (SSSR count). The Morgan fingerprint density at radius 3 is 2.33 bits per heavy atom. The molecule has 21 heavy (non-hydrogen) atoms. The van der Waals surface area contributed by atoms with E-state index in [2.05, 4.69) is 31.4 Å². The van der Waals surface area contributed by atoms with Crippen molar-refractivity contribution in [2.24, 2.45) is 5.41 Å². The lowest BCUT2D eigenvalue weighted by molar-refractivity contribution is 0.0922. The Kier molecular flexibility index (Phi) is 6.69. The average molecular weight is 311 g/mol. The van der Waals surface area contributed by atoms with E-state index in [4.69, 9.17) is 0 Å². The van der Waals surface area contributed by atoms with E-state index in [0.29, 0.717) is 5.92 Å². The molecular weight excluding hydrogens is 284 g/mol. The lowest BCUT2D eigenvalue weighted by atomic mass is 9.81. The molecule has 1 fully saturated rings. The summed E-state index contributed by atoms with van der Waals surface area (Å²) in [6.45, 7) is 9.44. The zero-order valence-corrected chi connectivity index (χ0v) is 14.1. The zero-order valence-electron chi connectivity index (χ0n) is 13.2. The van der Waals surface area contributed by atoms with Crippen molar-refractivity contribution in [3.05, 3.63) is 35.4 Å². The van der Waals surface area contributed by atoms with Gasteiger partial charge in [-0.3, -0.25) is 4.79 Å². The van der Waals surface area contributed by atoms with E-state index in [-0.39, 0.29) is 23.7 Å². The molecule has 1 heterocycles. The topological polar surface area (TPSA) is 41.1 Å². The van der Waals surface area contributed by atoms with Crippen LogP contribution in [0.5, 0.6) is 0 Å². The first-order chi connectivity index (χ1) is 9.50. The Morgan fingerprint density at radius 1 is 1.24 bits per heavy atom. The summed E-state index contributed by atoms with van der Waals surface area (Å²) in [5.41, 5.74) is 2.26. The number of amides is 1. The number of rotatable bonds is 4. The molecule has 0 bridgehead atoms. The Morgan fingerprint density at radius 2 is 1.81 bits per heavy atom. The van der Waals surface area contributed by atoms with Crippen molar-refractivity contribution in [3.63, 3.8) is 0 Å². The minimum atomic E-state index is 0. The quantitative estimate of drug-likeness (QED) is 0.895. The van der Waals surface area contributed by atoms with Crippen molar-refractivity contribution in [2.75, 3.05) is 19.6 Å². The first-order valence-electron chi connectivity index (χ1n) is 7.59. The van der Waals surface area contributed by atoms with Gasteiger partial charge in [-0.2, -0.15) is 0 Å². The second-order valence-electron chi connectivity index (χ2n) is 6.52. The van der Waals surface area contributed by atoms with Crippen LogP contribution in [0.3, 0.4) is 0 Å². The predicted octanol–water partition coefficient (Wildman–Crippen LogP) is 3.35. The summed E-state index contributed by atoms with van der Waals surface area (Å²) < 4.78 is 0. The number of hydrogen-bond acceptors (Lipinski definition) is 2. The van der Waals surface area contributed by atoms with E-state index in [1.807, 2.05) is 24.3 Å². The molecule has 0 unspecified atom stereocenters. The molecule has 1 aliphatic heterocycles. The maximum atomic E-state index is 12.2. The molecule has 1 amide bonds. The third-order valence-corrected chi connectivity index (χ3v) is 4.33. The number of piperidine rings is 1. The molecule has 0 atom stereocenters. The summed E-state index contributed by atoms with van der Waals surface area (Å²) in [4.78, 5) is 12.2. The number of carbonyl (C=O) groups excluding carboxylic acids is 1. The molecule has 0 aliphatic carbocycles. The van der Waals surface area contributed by atoms with Crippen molar-refractivity contribution in [1.29, 1.82) is 0 Å². The molecule has 3 nitrogen and oxygen atoms in total. The summed E-state index contributed by atoms with van der Waals surface area (Å²) in [6.07, 6.45) is 2.25. The monoisotopic (exact) mass is 310 g/mol. The van der Waals surface area contributed by atoms with E-state index < -0.39 is 0 Å². The fourth-order valence-electron chi connectivity index (χ4n) is 2.62. The minimum absolute atomic E-state index is 0. The van der Waals surface area contributed by atoms with Gasteiger partial charge >= 0.3 is 0 Å². The van der Waals surface area contributed by atoms with Crippen LogP contribution in [0.15, 0.2) is 24.3 Å².